The summed E-state index contributed by atoms with van der Waals surface area (Å²) in [7, 11) is 0. The van der Waals surface area contributed by atoms with Crippen LogP contribution in [0.15, 0.2) is 50.1 Å². The number of hydrogen-bond acceptors (Lipinski definition) is 7. The lowest BCUT2D eigenvalue weighted by Crippen LogP contribution is -2.10. The fourth-order valence-electron chi connectivity index (χ4n) is 3.82. The van der Waals surface area contributed by atoms with E-state index in [0.29, 0.717) is 28.1 Å². The normalized spacial score (nSPS) is 15.2. The molecule has 0 saturated heterocycles. The second kappa shape index (κ2) is 8.12. The molecule has 3 aromatic heterocycles. The van der Waals surface area contributed by atoms with Gasteiger partial charge in [-0.05, 0) is 18.4 Å². The van der Waals surface area contributed by atoms with E-state index in [9.17, 15) is 4.79 Å². The minimum Gasteiger partial charge on any atom is -0.416 e. The van der Waals surface area contributed by atoms with Gasteiger partial charge >= 0.3 is 0 Å². The molecule has 0 amide bonds. The molecule has 1 saturated carbocycles. The molecule has 1 N–H and O–H groups in total. The maximum atomic E-state index is 12.7. The zero-order valence-electron chi connectivity index (χ0n) is 15.8. The first kappa shape index (κ1) is 18.6. The lowest BCUT2D eigenvalue weighted by atomic mass is 9.89. The second-order valence-electron chi connectivity index (χ2n) is 7.24. The molecule has 3 heterocycles. The quantitative estimate of drug-likeness (QED) is 0.433. The van der Waals surface area contributed by atoms with Gasteiger partial charge in [0.05, 0.1) is 11.1 Å². The number of thioether (sulfide) groups is 1. The summed E-state index contributed by atoms with van der Waals surface area (Å²) in [5.41, 5.74) is 1.83. The summed E-state index contributed by atoms with van der Waals surface area (Å²) in [5, 5.41) is 11.6. The molecule has 0 spiro atoms. The van der Waals surface area contributed by atoms with Crippen LogP contribution in [0.5, 0.6) is 0 Å². The molecule has 0 unspecified atom stereocenters. The van der Waals surface area contributed by atoms with Crippen LogP contribution >= 0.6 is 23.1 Å². The molecule has 1 aromatic carbocycles. The maximum absolute atomic E-state index is 12.7. The molecule has 0 atom stereocenters. The van der Waals surface area contributed by atoms with Gasteiger partial charge in [-0.25, -0.2) is 4.98 Å². The van der Waals surface area contributed by atoms with Gasteiger partial charge in [0.25, 0.3) is 10.8 Å². The number of aromatic nitrogens is 4. The van der Waals surface area contributed by atoms with Crippen LogP contribution in [0.2, 0.25) is 0 Å². The van der Waals surface area contributed by atoms with Crippen LogP contribution in [0.3, 0.4) is 0 Å². The minimum atomic E-state index is -0.112. The number of rotatable bonds is 5. The van der Waals surface area contributed by atoms with Crippen molar-refractivity contribution in [2.45, 2.75) is 49.0 Å². The van der Waals surface area contributed by atoms with Crippen molar-refractivity contribution in [3.63, 3.8) is 0 Å². The molecule has 8 heteroatoms. The molecule has 1 fully saturated rings. The summed E-state index contributed by atoms with van der Waals surface area (Å²) < 4.78 is 5.85. The number of nitrogens with zero attached hydrogens (tertiary/aromatic N) is 3. The predicted molar refractivity (Wildman–Crippen MR) is 115 cm³/mol. The van der Waals surface area contributed by atoms with Crippen LogP contribution < -0.4 is 5.56 Å². The average Bonchev–Trinajstić information content (AvgIpc) is 3.41. The van der Waals surface area contributed by atoms with Crippen molar-refractivity contribution >= 4 is 33.3 Å². The number of aromatic amines is 1. The predicted octanol–water partition coefficient (Wildman–Crippen LogP) is 5.37. The van der Waals surface area contributed by atoms with Crippen LogP contribution in [-0.2, 0) is 5.75 Å². The first-order chi connectivity index (χ1) is 14.3. The summed E-state index contributed by atoms with van der Waals surface area (Å²) in [5.74, 6) is 2.24. The Labute approximate surface area is 175 Å². The monoisotopic (exact) mass is 424 g/mol. The van der Waals surface area contributed by atoms with Crippen molar-refractivity contribution in [2.24, 2.45) is 0 Å². The van der Waals surface area contributed by atoms with Crippen molar-refractivity contribution in [3.8, 4) is 11.1 Å². The van der Waals surface area contributed by atoms with Gasteiger partial charge in [-0.3, -0.25) is 4.79 Å². The Morgan fingerprint density at radius 3 is 2.79 bits per heavy atom. The fourth-order valence-corrected chi connectivity index (χ4v) is 5.42. The van der Waals surface area contributed by atoms with E-state index in [0.717, 1.165) is 34.7 Å². The number of benzene rings is 1. The Bertz CT molecular complexity index is 1180. The third-order valence-corrected chi connectivity index (χ3v) is 6.99. The van der Waals surface area contributed by atoms with Crippen LogP contribution in [0, 0.1) is 0 Å². The van der Waals surface area contributed by atoms with Gasteiger partial charge in [0.2, 0.25) is 5.89 Å². The molecule has 4 aromatic rings. The number of thiophene rings is 1. The van der Waals surface area contributed by atoms with E-state index in [1.54, 1.807) is 0 Å². The molecule has 1 aliphatic rings. The van der Waals surface area contributed by atoms with Gasteiger partial charge < -0.3 is 9.40 Å². The van der Waals surface area contributed by atoms with Gasteiger partial charge in [0, 0.05) is 16.9 Å². The molecule has 0 aliphatic heterocycles. The van der Waals surface area contributed by atoms with Crippen molar-refractivity contribution in [1.29, 1.82) is 0 Å². The van der Waals surface area contributed by atoms with Gasteiger partial charge in [0.1, 0.15) is 10.7 Å². The van der Waals surface area contributed by atoms with Gasteiger partial charge in [-0.1, -0.05) is 61.4 Å². The summed E-state index contributed by atoms with van der Waals surface area (Å²) in [6, 6.07) is 9.91. The summed E-state index contributed by atoms with van der Waals surface area (Å²) >= 11 is 2.90. The van der Waals surface area contributed by atoms with Crippen molar-refractivity contribution in [2.75, 3.05) is 0 Å². The summed E-state index contributed by atoms with van der Waals surface area (Å²) in [6.45, 7) is 0. The van der Waals surface area contributed by atoms with Crippen LogP contribution in [0.25, 0.3) is 21.3 Å². The molecule has 0 radical (unpaired) electrons. The topological polar surface area (TPSA) is 84.7 Å². The zero-order chi connectivity index (χ0) is 19.6. The van der Waals surface area contributed by atoms with E-state index in [1.807, 2.05) is 35.7 Å². The Hall–Kier alpha value is -2.45. The highest BCUT2D eigenvalue weighted by molar-refractivity contribution is 7.98. The maximum Gasteiger partial charge on any atom is 0.277 e. The Morgan fingerprint density at radius 2 is 1.97 bits per heavy atom. The first-order valence-corrected chi connectivity index (χ1v) is 11.7. The molecular formula is C21H20N4O2S2. The van der Waals surface area contributed by atoms with Gasteiger partial charge in [-0.2, -0.15) is 0 Å². The van der Waals surface area contributed by atoms with Crippen molar-refractivity contribution < 1.29 is 4.42 Å². The van der Waals surface area contributed by atoms with E-state index in [-0.39, 0.29) is 5.56 Å². The van der Waals surface area contributed by atoms with Crippen LogP contribution in [0.4, 0.5) is 0 Å². The molecule has 0 bridgehead atoms. The summed E-state index contributed by atoms with van der Waals surface area (Å²) in [4.78, 5) is 21.0. The molecule has 5 rings (SSSR count). The van der Waals surface area contributed by atoms with E-state index in [1.165, 1.54) is 42.4 Å². The molecule has 6 nitrogen and oxygen atoms in total. The minimum absolute atomic E-state index is 0.112. The third kappa shape index (κ3) is 3.86. The van der Waals surface area contributed by atoms with E-state index in [4.69, 9.17) is 4.42 Å². The highest BCUT2D eigenvalue weighted by Crippen LogP contribution is 2.34. The highest BCUT2D eigenvalue weighted by atomic mass is 32.2. The number of fused-ring (bicyclic) bond motifs is 1. The largest absolute Gasteiger partial charge is 0.416 e. The van der Waals surface area contributed by atoms with E-state index >= 15 is 0 Å². The third-order valence-electron chi connectivity index (χ3n) is 5.29. The lowest BCUT2D eigenvalue weighted by Gasteiger charge is -2.17. The number of H-pyrrole nitrogens is 1. The van der Waals surface area contributed by atoms with Crippen molar-refractivity contribution in [3.05, 3.63) is 57.8 Å². The van der Waals surface area contributed by atoms with Crippen LogP contribution in [-0.4, -0.2) is 20.2 Å². The smallest absolute Gasteiger partial charge is 0.277 e. The molecular weight excluding hydrogens is 404 g/mol. The first-order valence-electron chi connectivity index (χ1n) is 9.80. The van der Waals surface area contributed by atoms with Gasteiger partial charge in [0.15, 0.2) is 0 Å². The van der Waals surface area contributed by atoms with Crippen molar-refractivity contribution in [1.82, 2.24) is 20.2 Å². The van der Waals surface area contributed by atoms with Crippen LogP contribution in [0.1, 0.15) is 49.7 Å². The standard InChI is InChI=1S/C21H20N4O2S2/c26-18-17-15(13-7-3-1-4-8-13)11-28-20(17)23-16(22-18)12-29-21-25-24-19(27-21)14-9-5-2-6-10-14/h1,3-4,7-8,11,14H,2,5-6,9-10,12H2,(H,22,23,26). The molecule has 148 valence electrons. The van der Waals surface area contributed by atoms with E-state index < -0.39 is 0 Å². The lowest BCUT2D eigenvalue weighted by molar-refractivity contribution is 0.334. The number of hydrogen-bond donors (Lipinski definition) is 1. The second-order valence-corrected chi connectivity index (χ2v) is 9.02. The van der Waals surface area contributed by atoms with Gasteiger partial charge in [-0.15, -0.1) is 21.5 Å². The number of nitrogens with one attached hydrogen (secondary N) is 1. The zero-order valence-corrected chi connectivity index (χ0v) is 17.4. The van der Waals surface area contributed by atoms with E-state index in [2.05, 4.69) is 20.2 Å². The Balaban J connectivity index is 1.34. The SMILES string of the molecule is O=c1[nH]c(CSc2nnc(C3CCCCC3)o2)nc2scc(-c3ccccc3)c12. The average molecular weight is 425 g/mol. The fraction of sp³-hybridized carbons (Fsp3) is 0.333. The highest BCUT2D eigenvalue weighted by Gasteiger charge is 2.21. The summed E-state index contributed by atoms with van der Waals surface area (Å²) in [6.07, 6.45) is 6.00. The molecule has 29 heavy (non-hydrogen) atoms. The Kier molecular flexibility index (Phi) is 5.20. The Morgan fingerprint density at radius 1 is 1.14 bits per heavy atom. The molecule has 1 aliphatic carbocycles.